The zero-order valence-electron chi connectivity index (χ0n) is 16.2. The van der Waals surface area contributed by atoms with E-state index >= 15 is 0 Å². The molecule has 0 bridgehead atoms. The third kappa shape index (κ3) is 3.46. The molecule has 2 heterocycles. The van der Waals surface area contributed by atoms with E-state index in [1.54, 1.807) is 11.2 Å². The summed E-state index contributed by atoms with van der Waals surface area (Å²) < 4.78 is 5.80. The number of hydrogen-bond donors (Lipinski definition) is 2. The van der Waals surface area contributed by atoms with Crippen molar-refractivity contribution in [2.45, 2.75) is 52.1 Å². The van der Waals surface area contributed by atoms with E-state index in [2.05, 4.69) is 30.5 Å². The molecule has 1 saturated heterocycles. The van der Waals surface area contributed by atoms with Crippen LogP contribution in [0.25, 0.3) is 11.0 Å². The molecule has 144 valence electrons. The Morgan fingerprint density at radius 3 is 2.78 bits per heavy atom. The molecule has 1 aromatic carbocycles. The Hall–Kier alpha value is -2.34. The lowest BCUT2D eigenvalue weighted by Crippen LogP contribution is -2.60. The van der Waals surface area contributed by atoms with Crippen LogP contribution in [0.1, 0.15) is 35.1 Å². The maximum atomic E-state index is 13.1. The van der Waals surface area contributed by atoms with Crippen molar-refractivity contribution in [1.82, 2.24) is 15.5 Å². The summed E-state index contributed by atoms with van der Waals surface area (Å²) in [7, 11) is 0. The van der Waals surface area contributed by atoms with E-state index in [-0.39, 0.29) is 18.2 Å². The quantitative estimate of drug-likeness (QED) is 0.864. The molecule has 1 aliphatic carbocycles. The number of furan rings is 1. The molecule has 0 unspecified atom stereocenters. The van der Waals surface area contributed by atoms with E-state index in [1.165, 1.54) is 5.56 Å². The zero-order chi connectivity index (χ0) is 19.1. The molecule has 6 nitrogen and oxygen atoms in total. The van der Waals surface area contributed by atoms with Gasteiger partial charge in [-0.1, -0.05) is 6.07 Å². The monoisotopic (exact) mass is 369 g/mol. The summed E-state index contributed by atoms with van der Waals surface area (Å²) in [5, 5.41) is 7.29. The van der Waals surface area contributed by atoms with E-state index in [0.717, 1.165) is 40.5 Å². The number of hydrogen-bond acceptors (Lipinski definition) is 4. The molecule has 0 spiro atoms. The van der Waals surface area contributed by atoms with E-state index in [9.17, 15) is 9.59 Å². The van der Waals surface area contributed by atoms with Gasteiger partial charge in [0, 0.05) is 36.6 Å². The van der Waals surface area contributed by atoms with Crippen molar-refractivity contribution in [2.24, 2.45) is 0 Å². The number of aryl methyl sites for hydroxylation is 3. The minimum absolute atomic E-state index is 0.0206. The molecule has 0 radical (unpaired) electrons. The smallest absolute Gasteiger partial charge is 0.244 e. The lowest BCUT2D eigenvalue weighted by atomic mass is 9.98. The average Bonchev–Trinajstić information content (AvgIpc) is 3.36. The first-order valence-electron chi connectivity index (χ1n) is 9.73. The van der Waals surface area contributed by atoms with Crippen molar-refractivity contribution in [3.63, 3.8) is 0 Å². The molecule has 4 rings (SSSR count). The van der Waals surface area contributed by atoms with Gasteiger partial charge in [0.15, 0.2) is 0 Å². The highest BCUT2D eigenvalue weighted by molar-refractivity contribution is 5.94. The first kappa shape index (κ1) is 18.0. The van der Waals surface area contributed by atoms with Gasteiger partial charge in [-0.25, -0.2) is 0 Å². The highest BCUT2D eigenvalue weighted by Crippen LogP contribution is 2.30. The molecular weight excluding hydrogens is 342 g/mol. The van der Waals surface area contributed by atoms with Crippen molar-refractivity contribution in [3.05, 3.63) is 34.6 Å². The molecule has 1 aliphatic heterocycles. The summed E-state index contributed by atoms with van der Waals surface area (Å²) in [4.78, 5) is 27.3. The van der Waals surface area contributed by atoms with Gasteiger partial charge in [-0.2, -0.15) is 0 Å². The number of rotatable bonds is 4. The largest absolute Gasteiger partial charge is 0.464 e. The fraction of sp³-hybridized carbons (Fsp3) is 0.524. The Bertz CT molecular complexity index is 898. The highest BCUT2D eigenvalue weighted by atomic mass is 16.3. The topological polar surface area (TPSA) is 74.6 Å². The molecule has 2 amide bonds. The van der Waals surface area contributed by atoms with Gasteiger partial charge >= 0.3 is 0 Å². The average molecular weight is 369 g/mol. The summed E-state index contributed by atoms with van der Waals surface area (Å²) in [5.41, 5.74) is 5.17. The van der Waals surface area contributed by atoms with Crippen molar-refractivity contribution < 1.29 is 14.0 Å². The molecule has 27 heavy (non-hydrogen) atoms. The second-order valence-corrected chi connectivity index (χ2v) is 7.87. The van der Waals surface area contributed by atoms with Gasteiger partial charge in [0.05, 0.1) is 12.7 Å². The van der Waals surface area contributed by atoms with Crippen LogP contribution >= 0.6 is 0 Å². The van der Waals surface area contributed by atoms with Crippen LogP contribution in [0.15, 0.2) is 16.7 Å². The van der Waals surface area contributed by atoms with Gasteiger partial charge in [-0.15, -0.1) is 0 Å². The number of piperazine rings is 1. The molecule has 2 fully saturated rings. The number of carbonyl (C=O) groups excluding carboxylic acids is 2. The molecule has 2 aliphatic rings. The normalized spacial score (nSPS) is 20.1. The first-order valence-corrected chi connectivity index (χ1v) is 9.73. The predicted molar refractivity (Wildman–Crippen MR) is 104 cm³/mol. The second kappa shape index (κ2) is 7.00. The molecule has 1 saturated carbocycles. The van der Waals surface area contributed by atoms with E-state index in [4.69, 9.17) is 4.42 Å². The van der Waals surface area contributed by atoms with Gasteiger partial charge in [0.1, 0.15) is 11.6 Å². The zero-order valence-corrected chi connectivity index (χ0v) is 16.2. The fourth-order valence-corrected chi connectivity index (χ4v) is 3.94. The molecule has 1 aromatic heterocycles. The van der Waals surface area contributed by atoms with Crippen molar-refractivity contribution in [3.8, 4) is 0 Å². The third-order valence-electron chi connectivity index (χ3n) is 5.76. The minimum Gasteiger partial charge on any atom is -0.464 e. The summed E-state index contributed by atoms with van der Waals surface area (Å²) in [5.74, 6) is -0.0643. The van der Waals surface area contributed by atoms with Gasteiger partial charge in [0.25, 0.3) is 0 Å². The van der Waals surface area contributed by atoms with Crippen molar-refractivity contribution in [1.29, 1.82) is 0 Å². The van der Waals surface area contributed by atoms with Crippen molar-refractivity contribution in [2.75, 3.05) is 19.6 Å². The van der Waals surface area contributed by atoms with Crippen LogP contribution in [0.4, 0.5) is 0 Å². The number of nitrogens with one attached hydrogen (secondary N) is 2. The number of benzene rings is 1. The molecule has 2 aromatic rings. The maximum absolute atomic E-state index is 13.1. The Balaban J connectivity index is 1.56. The lowest BCUT2D eigenvalue weighted by Gasteiger charge is -2.35. The molecule has 2 N–H and O–H groups in total. The van der Waals surface area contributed by atoms with E-state index in [0.29, 0.717) is 25.7 Å². The standard InChI is InChI=1S/C21H27N3O3/c1-12-8-13(2)19-15(11-27-20(19)14(12)3)9-18(25)24-7-6-22-10-17(24)21(26)23-16-4-5-16/h8,11,16-17,22H,4-7,9-10H2,1-3H3,(H,23,26)/t17-/m0/s1. The van der Waals surface area contributed by atoms with Crippen LogP contribution in [0.3, 0.4) is 0 Å². The van der Waals surface area contributed by atoms with Gasteiger partial charge in [-0.3, -0.25) is 9.59 Å². The van der Waals surface area contributed by atoms with Crippen LogP contribution in [-0.4, -0.2) is 48.4 Å². The Kier molecular flexibility index (Phi) is 4.68. The minimum atomic E-state index is -0.435. The van der Waals surface area contributed by atoms with Gasteiger partial charge < -0.3 is 20.0 Å². The fourth-order valence-electron chi connectivity index (χ4n) is 3.94. The summed E-state index contributed by atoms with van der Waals surface area (Å²) in [6.07, 6.45) is 4.03. The summed E-state index contributed by atoms with van der Waals surface area (Å²) >= 11 is 0. The summed E-state index contributed by atoms with van der Waals surface area (Å²) in [6, 6.07) is 2.00. The van der Waals surface area contributed by atoms with Crippen LogP contribution in [0.5, 0.6) is 0 Å². The van der Waals surface area contributed by atoms with Gasteiger partial charge in [-0.05, 0) is 50.3 Å². The van der Waals surface area contributed by atoms with E-state index in [1.807, 2.05) is 6.92 Å². The Morgan fingerprint density at radius 2 is 2.04 bits per heavy atom. The molecule has 1 atom stereocenters. The van der Waals surface area contributed by atoms with Crippen LogP contribution in [-0.2, 0) is 16.0 Å². The lowest BCUT2D eigenvalue weighted by molar-refractivity contribution is -0.141. The number of nitrogens with zero attached hydrogens (tertiary/aromatic N) is 1. The third-order valence-corrected chi connectivity index (χ3v) is 5.76. The van der Waals surface area contributed by atoms with Gasteiger partial charge in [0.2, 0.25) is 11.8 Å². The highest BCUT2D eigenvalue weighted by Gasteiger charge is 2.35. The number of amides is 2. The van der Waals surface area contributed by atoms with Crippen molar-refractivity contribution >= 4 is 22.8 Å². The summed E-state index contributed by atoms with van der Waals surface area (Å²) in [6.45, 7) is 7.93. The van der Waals surface area contributed by atoms with E-state index < -0.39 is 6.04 Å². The maximum Gasteiger partial charge on any atom is 0.244 e. The Morgan fingerprint density at radius 1 is 1.26 bits per heavy atom. The molecule has 6 heteroatoms. The molecular formula is C21H27N3O3. The Labute approximate surface area is 159 Å². The van der Waals surface area contributed by atoms with Crippen LogP contribution < -0.4 is 10.6 Å². The first-order chi connectivity index (χ1) is 13.0. The van der Waals surface area contributed by atoms with Crippen LogP contribution in [0, 0.1) is 20.8 Å². The predicted octanol–water partition coefficient (Wildman–Crippen LogP) is 1.98. The van der Waals surface area contributed by atoms with Crippen LogP contribution in [0.2, 0.25) is 0 Å². The number of carbonyl (C=O) groups is 2. The second-order valence-electron chi connectivity index (χ2n) is 7.87. The number of fused-ring (bicyclic) bond motifs is 1. The SMILES string of the molecule is Cc1cc(C)c2c(CC(=O)N3CCNC[C@H]3C(=O)NC3CC3)coc2c1C.